The second-order valence-corrected chi connectivity index (χ2v) is 10.3. The maximum atomic E-state index is 13.6. The molecular formula is C29H38FN7O3. The average Bonchev–Trinajstić information content (AvgIpc) is 2.89. The van der Waals surface area contributed by atoms with Gasteiger partial charge < -0.3 is 26.0 Å². The van der Waals surface area contributed by atoms with Gasteiger partial charge in [-0.25, -0.2) is 14.2 Å². The van der Waals surface area contributed by atoms with Gasteiger partial charge in [0.05, 0.1) is 0 Å². The van der Waals surface area contributed by atoms with Crippen molar-refractivity contribution in [1.82, 2.24) is 14.9 Å². The Balaban J connectivity index is 1.65. The van der Waals surface area contributed by atoms with E-state index in [0.29, 0.717) is 29.7 Å². The number of hydrogen-bond acceptors (Lipinski definition) is 8. The van der Waals surface area contributed by atoms with Crippen LogP contribution in [0.1, 0.15) is 46.6 Å². The minimum absolute atomic E-state index is 0.341. The first-order valence-electron chi connectivity index (χ1n) is 13.2. The lowest BCUT2D eigenvalue weighted by molar-refractivity contribution is -0.120. The van der Waals surface area contributed by atoms with Crippen LogP contribution in [0.4, 0.5) is 38.0 Å². The molecule has 0 radical (unpaired) electrons. The number of hydrogen-bond donors (Lipinski definition) is 4. The van der Waals surface area contributed by atoms with Crippen LogP contribution in [-0.2, 0) is 16.1 Å². The van der Waals surface area contributed by atoms with Gasteiger partial charge in [0.2, 0.25) is 11.9 Å². The fourth-order valence-corrected chi connectivity index (χ4v) is 3.51. The van der Waals surface area contributed by atoms with Gasteiger partial charge in [0.15, 0.2) is 0 Å². The van der Waals surface area contributed by atoms with Gasteiger partial charge in [-0.2, -0.15) is 4.98 Å². The van der Waals surface area contributed by atoms with Gasteiger partial charge in [0.1, 0.15) is 23.3 Å². The predicted molar refractivity (Wildman–Crippen MR) is 156 cm³/mol. The van der Waals surface area contributed by atoms with E-state index in [1.165, 1.54) is 24.1 Å². The molecule has 2 amide bonds. The average molecular weight is 552 g/mol. The van der Waals surface area contributed by atoms with Gasteiger partial charge >= 0.3 is 6.09 Å². The Morgan fingerprint density at radius 3 is 2.45 bits per heavy atom. The number of benzene rings is 2. The molecular weight excluding hydrogens is 513 g/mol. The van der Waals surface area contributed by atoms with Crippen LogP contribution in [0, 0.1) is 5.82 Å². The van der Waals surface area contributed by atoms with Gasteiger partial charge in [-0.05, 0) is 70.5 Å². The molecule has 11 heteroatoms. The van der Waals surface area contributed by atoms with Crippen LogP contribution in [0.25, 0.3) is 0 Å². The Morgan fingerprint density at radius 2 is 1.75 bits per heavy atom. The summed E-state index contributed by atoms with van der Waals surface area (Å²) in [5.41, 5.74) is 2.08. The topological polar surface area (TPSA) is 121 Å². The van der Waals surface area contributed by atoms with Crippen LogP contribution in [0.15, 0.2) is 54.7 Å². The van der Waals surface area contributed by atoms with E-state index in [4.69, 9.17) is 4.74 Å². The lowest BCUT2D eigenvalue weighted by Crippen LogP contribution is -2.45. The van der Waals surface area contributed by atoms with Crippen molar-refractivity contribution in [3.63, 3.8) is 0 Å². The molecule has 0 aliphatic rings. The zero-order valence-electron chi connectivity index (χ0n) is 23.8. The van der Waals surface area contributed by atoms with Crippen LogP contribution in [0.2, 0.25) is 0 Å². The fraction of sp³-hybridized carbons (Fsp3) is 0.379. The summed E-state index contributed by atoms with van der Waals surface area (Å²) in [6, 6.07) is 12.6. The summed E-state index contributed by atoms with van der Waals surface area (Å²) in [7, 11) is 1.53. The Kier molecular flexibility index (Phi) is 10.2. The smallest absolute Gasteiger partial charge is 0.410 e. The SMILES string of the molecule is CCCNc1nc(Nc2cccc(F)c2)ncc1CNc1cccc(NC(=O)[C@H](C)N(C)C(=O)OC(C)(C)C)c1. The molecule has 4 N–H and O–H groups in total. The molecule has 0 fully saturated rings. The van der Waals surface area contributed by atoms with Crippen LogP contribution in [0.5, 0.6) is 0 Å². The number of carbonyl (C=O) groups is 2. The van der Waals surface area contributed by atoms with Gasteiger partial charge in [-0.3, -0.25) is 9.69 Å². The van der Waals surface area contributed by atoms with E-state index < -0.39 is 17.7 Å². The normalized spacial score (nSPS) is 11.8. The van der Waals surface area contributed by atoms with Crippen molar-refractivity contribution in [3.8, 4) is 0 Å². The summed E-state index contributed by atoms with van der Waals surface area (Å²) in [6.45, 7) is 10.2. The molecule has 0 unspecified atom stereocenters. The molecule has 10 nitrogen and oxygen atoms in total. The number of likely N-dealkylation sites (N-methyl/N-ethyl adjacent to an activating group) is 1. The van der Waals surface area contributed by atoms with E-state index in [0.717, 1.165) is 24.2 Å². The number of anilines is 5. The second-order valence-electron chi connectivity index (χ2n) is 10.3. The fourth-order valence-electron chi connectivity index (χ4n) is 3.51. The van der Waals surface area contributed by atoms with Crippen molar-refractivity contribution < 1.29 is 18.7 Å². The summed E-state index contributed by atoms with van der Waals surface area (Å²) in [5.74, 6) is 0.319. The number of carbonyl (C=O) groups excluding carboxylic acids is 2. The Morgan fingerprint density at radius 1 is 1.05 bits per heavy atom. The van der Waals surface area contributed by atoms with E-state index >= 15 is 0 Å². The molecule has 1 atom stereocenters. The van der Waals surface area contributed by atoms with E-state index in [1.54, 1.807) is 58.2 Å². The zero-order chi connectivity index (χ0) is 29.3. The highest BCUT2D eigenvalue weighted by molar-refractivity contribution is 5.96. The van der Waals surface area contributed by atoms with E-state index in [9.17, 15) is 14.0 Å². The highest BCUT2D eigenvalue weighted by atomic mass is 19.1. The van der Waals surface area contributed by atoms with Crippen molar-refractivity contribution in [2.45, 2.75) is 59.2 Å². The van der Waals surface area contributed by atoms with Gasteiger partial charge in [-0.1, -0.05) is 19.1 Å². The molecule has 3 aromatic rings. The number of nitrogens with one attached hydrogen (secondary N) is 4. The molecule has 1 aromatic heterocycles. The molecule has 1 heterocycles. The number of halogens is 1. The first kappa shape index (κ1) is 30.1. The third-order valence-electron chi connectivity index (χ3n) is 5.74. The highest BCUT2D eigenvalue weighted by Crippen LogP contribution is 2.21. The zero-order valence-corrected chi connectivity index (χ0v) is 23.8. The minimum atomic E-state index is -0.740. The van der Waals surface area contributed by atoms with Crippen molar-refractivity contribution >= 4 is 40.8 Å². The molecule has 0 saturated carbocycles. The first-order valence-corrected chi connectivity index (χ1v) is 13.2. The van der Waals surface area contributed by atoms with Crippen LogP contribution >= 0.6 is 0 Å². The third kappa shape index (κ3) is 9.11. The summed E-state index contributed by atoms with van der Waals surface area (Å²) in [5, 5.41) is 12.5. The summed E-state index contributed by atoms with van der Waals surface area (Å²) in [4.78, 5) is 35.4. The van der Waals surface area contributed by atoms with Gasteiger partial charge in [0, 0.05) is 49.0 Å². The van der Waals surface area contributed by atoms with Crippen molar-refractivity contribution in [2.75, 3.05) is 34.9 Å². The molecule has 40 heavy (non-hydrogen) atoms. The maximum Gasteiger partial charge on any atom is 0.410 e. The number of rotatable bonds is 11. The molecule has 0 saturated heterocycles. The standard InChI is InChI=1S/C29H38FN7O3/c1-7-14-31-25-20(18-33-27(36-25)35-23-12-8-10-21(30)15-23)17-32-22-11-9-13-24(16-22)34-26(38)19(2)37(6)28(39)40-29(3,4)5/h8-13,15-16,18-19,32H,7,14,17H2,1-6H3,(H,34,38)(H2,31,33,35,36)/t19-/m0/s1. The highest BCUT2D eigenvalue weighted by Gasteiger charge is 2.27. The molecule has 0 spiro atoms. The molecule has 0 aliphatic carbocycles. The van der Waals surface area contributed by atoms with E-state index in [-0.39, 0.29) is 11.7 Å². The van der Waals surface area contributed by atoms with Crippen LogP contribution in [-0.4, -0.2) is 52.1 Å². The Bertz CT molecular complexity index is 1310. The molecule has 2 aromatic carbocycles. The maximum absolute atomic E-state index is 13.6. The van der Waals surface area contributed by atoms with Crippen LogP contribution in [0.3, 0.4) is 0 Å². The van der Waals surface area contributed by atoms with E-state index in [1.807, 2.05) is 12.1 Å². The monoisotopic (exact) mass is 551 g/mol. The number of nitrogens with zero attached hydrogens (tertiary/aromatic N) is 3. The molecule has 3 rings (SSSR count). The van der Waals surface area contributed by atoms with E-state index in [2.05, 4.69) is 38.2 Å². The molecule has 0 bridgehead atoms. The van der Waals surface area contributed by atoms with Gasteiger partial charge in [0.25, 0.3) is 0 Å². The number of ether oxygens (including phenoxy) is 1. The largest absolute Gasteiger partial charge is 0.444 e. The number of amides is 2. The first-order chi connectivity index (χ1) is 18.9. The Hall–Kier alpha value is -4.41. The lowest BCUT2D eigenvalue weighted by atomic mass is 10.2. The van der Waals surface area contributed by atoms with Gasteiger partial charge in [-0.15, -0.1) is 0 Å². The van der Waals surface area contributed by atoms with Crippen LogP contribution < -0.4 is 21.3 Å². The number of aromatic nitrogens is 2. The van der Waals surface area contributed by atoms with Crippen molar-refractivity contribution in [2.24, 2.45) is 0 Å². The van der Waals surface area contributed by atoms with Crippen molar-refractivity contribution in [3.05, 3.63) is 66.1 Å². The van der Waals surface area contributed by atoms with Crippen molar-refractivity contribution in [1.29, 1.82) is 0 Å². The predicted octanol–water partition coefficient (Wildman–Crippen LogP) is 5.99. The summed E-state index contributed by atoms with van der Waals surface area (Å²) >= 11 is 0. The summed E-state index contributed by atoms with van der Waals surface area (Å²) in [6.07, 6.45) is 2.05. The molecule has 214 valence electrons. The quantitative estimate of drug-likeness (QED) is 0.229. The summed E-state index contributed by atoms with van der Waals surface area (Å²) < 4.78 is 18.9. The second kappa shape index (κ2) is 13.6. The Labute approximate surface area is 234 Å². The lowest BCUT2D eigenvalue weighted by Gasteiger charge is -2.28. The molecule has 0 aliphatic heterocycles. The third-order valence-corrected chi connectivity index (χ3v) is 5.74. The minimum Gasteiger partial charge on any atom is -0.444 e.